The van der Waals surface area contributed by atoms with Gasteiger partial charge in [-0.05, 0) is 43.4 Å². The molecule has 1 aliphatic carbocycles. The molecule has 1 fully saturated rings. The van der Waals surface area contributed by atoms with Gasteiger partial charge in [-0.15, -0.1) is 0 Å². The van der Waals surface area contributed by atoms with Crippen LogP contribution in [0.15, 0.2) is 54.6 Å². The SMILES string of the molecule is Cc1ccccc1[C@@H](C)NC(=O)C1(NC(=O)NCc2ccccc2)CCCC1. The molecule has 1 aliphatic rings. The first kappa shape index (κ1) is 19.9. The van der Waals surface area contributed by atoms with Crippen molar-refractivity contribution in [3.05, 3.63) is 71.3 Å². The van der Waals surface area contributed by atoms with Gasteiger partial charge in [0, 0.05) is 6.54 Å². The van der Waals surface area contributed by atoms with Gasteiger partial charge in [0.2, 0.25) is 5.91 Å². The summed E-state index contributed by atoms with van der Waals surface area (Å²) in [7, 11) is 0. The lowest BCUT2D eigenvalue weighted by Gasteiger charge is -2.31. The number of amides is 3. The van der Waals surface area contributed by atoms with Crippen molar-refractivity contribution < 1.29 is 9.59 Å². The van der Waals surface area contributed by atoms with Gasteiger partial charge in [0.25, 0.3) is 0 Å². The summed E-state index contributed by atoms with van der Waals surface area (Å²) < 4.78 is 0. The Morgan fingerprint density at radius 2 is 1.64 bits per heavy atom. The van der Waals surface area contributed by atoms with Gasteiger partial charge in [-0.25, -0.2) is 4.79 Å². The number of rotatable bonds is 6. The molecule has 0 aliphatic heterocycles. The molecular weight excluding hydrogens is 350 g/mol. The van der Waals surface area contributed by atoms with Crippen LogP contribution >= 0.6 is 0 Å². The number of hydrogen-bond acceptors (Lipinski definition) is 2. The van der Waals surface area contributed by atoms with E-state index in [1.165, 1.54) is 0 Å². The fraction of sp³-hybridized carbons (Fsp3) is 0.391. The fourth-order valence-corrected chi connectivity index (χ4v) is 3.91. The van der Waals surface area contributed by atoms with Crippen molar-refractivity contribution in [2.45, 2.75) is 57.7 Å². The minimum absolute atomic E-state index is 0.101. The van der Waals surface area contributed by atoms with Crippen LogP contribution in [0.5, 0.6) is 0 Å². The van der Waals surface area contributed by atoms with E-state index in [-0.39, 0.29) is 18.0 Å². The highest BCUT2D eigenvalue weighted by Gasteiger charge is 2.42. The van der Waals surface area contributed by atoms with E-state index in [1.807, 2.05) is 68.4 Å². The molecule has 3 N–H and O–H groups in total. The summed E-state index contributed by atoms with van der Waals surface area (Å²) in [4.78, 5) is 25.6. The van der Waals surface area contributed by atoms with Crippen molar-refractivity contribution in [3.63, 3.8) is 0 Å². The molecule has 2 aromatic rings. The first-order valence-electron chi connectivity index (χ1n) is 9.97. The zero-order valence-electron chi connectivity index (χ0n) is 16.6. The smallest absolute Gasteiger partial charge is 0.315 e. The minimum Gasteiger partial charge on any atom is -0.348 e. The van der Waals surface area contributed by atoms with Crippen LogP contribution in [0.3, 0.4) is 0 Å². The summed E-state index contributed by atoms with van der Waals surface area (Å²) in [5, 5.41) is 8.96. The highest BCUT2D eigenvalue weighted by Crippen LogP contribution is 2.31. The third kappa shape index (κ3) is 4.71. The third-order valence-corrected chi connectivity index (χ3v) is 5.54. The Hall–Kier alpha value is -2.82. The average molecular weight is 380 g/mol. The minimum atomic E-state index is -0.836. The summed E-state index contributed by atoms with van der Waals surface area (Å²) in [5.74, 6) is -0.101. The Balaban J connectivity index is 1.63. The molecule has 148 valence electrons. The first-order valence-corrected chi connectivity index (χ1v) is 9.97. The summed E-state index contributed by atoms with van der Waals surface area (Å²) in [5.41, 5.74) is 2.43. The topological polar surface area (TPSA) is 70.2 Å². The van der Waals surface area contributed by atoms with E-state index in [1.54, 1.807) is 0 Å². The van der Waals surface area contributed by atoms with Crippen molar-refractivity contribution in [1.82, 2.24) is 16.0 Å². The standard InChI is InChI=1S/C23H29N3O2/c1-17-10-6-7-13-20(17)18(2)25-21(27)23(14-8-9-15-23)26-22(28)24-16-19-11-4-3-5-12-19/h3-7,10-13,18H,8-9,14-16H2,1-2H3,(H,25,27)(H2,24,26,28)/t18-/m1/s1. The normalized spacial score (nSPS) is 16.2. The van der Waals surface area contributed by atoms with Crippen LogP contribution < -0.4 is 16.0 Å². The Labute approximate surface area is 166 Å². The zero-order valence-corrected chi connectivity index (χ0v) is 16.6. The number of nitrogens with one attached hydrogen (secondary N) is 3. The second-order valence-electron chi connectivity index (χ2n) is 7.63. The van der Waals surface area contributed by atoms with Crippen molar-refractivity contribution in [2.24, 2.45) is 0 Å². The van der Waals surface area contributed by atoms with Gasteiger partial charge in [-0.2, -0.15) is 0 Å². The second kappa shape index (κ2) is 8.91. The largest absolute Gasteiger partial charge is 0.348 e. The second-order valence-corrected chi connectivity index (χ2v) is 7.63. The maximum atomic E-state index is 13.1. The number of hydrogen-bond donors (Lipinski definition) is 3. The molecule has 0 aromatic heterocycles. The molecule has 5 nitrogen and oxygen atoms in total. The maximum Gasteiger partial charge on any atom is 0.315 e. The Morgan fingerprint density at radius 1 is 1.00 bits per heavy atom. The first-order chi connectivity index (χ1) is 13.5. The van der Waals surface area contributed by atoms with Gasteiger partial charge in [0.1, 0.15) is 5.54 Å². The lowest BCUT2D eigenvalue weighted by molar-refractivity contribution is -0.127. The fourth-order valence-electron chi connectivity index (χ4n) is 3.91. The van der Waals surface area contributed by atoms with Gasteiger partial charge in [-0.1, -0.05) is 67.4 Å². The van der Waals surface area contributed by atoms with Crippen LogP contribution in [0.4, 0.5) is 4.79 Å². The molecule has 2 aromatic carbocycles. The number of aryl methyl sites for hydroxylation is 1. The number of carbonyl (C=O) groups is 2. The molecule has 0 bridgehead atoms. The van der Waals surface area contributed by atoms with Gasteiger partial charge < -0.3 is 16.0 Å². The van der Waals surface area contributed by atoms with Crippen LogP contribution in [-0.2, 0) is 11.3 Å². The monoisotopic (exact) mass is 379 g/mol. The molecule has 1 saturated carbocycles. The number of benzene rings is 2. The van der Waals surface area contributed by atoms with E-state index in [2.05, 4.69) is 16.0 Å². The summed E-state index contributed by atoms with van der Waals surface area (Å²) in [6.07, 6.45) is 3.20. The van der Waals surface area contributed by atoms with E-state index < -0.39 is 5.54 Å². The molecule has 0 radical (unpaired) electrons. The Kier molecular flexibility index (Phi) is 6.34. The predicted octanol–water partition coefficient (Wildman–Crippen LogP) is 3.98. The van der Waals surface area contributed by atoms with Crippen LogP contribution in [0.1, 0.15) is 55.3 Å². The van der Waals surface area contributed by atoms with Crippen LogP contribution in [0.2, 0.25) is 0 Å². The highest BCUT2D eigenvalue weighted by molar-refractivity contribution is 5.91. The summed E-state index contributed by atoms with van der Waals surface area (Å²) in [6.45, 7) is 4.46. The summed E-state index contributed by atoms with van der Waals surface area (Å²) in [6, 6.07) is 17.4. The van der Waals surface area contributed by atoms with E-state index in [4.69, 9.17) is 0 Å². The molecule has 0 spiro atoms. The number of carbonyl (C=O) groups excluding carboxylic acids is 2. The molecule has 1 atom stereocenters. The zero-order chi connectivity index (χ0) is 20.0. The van der Waals surface area contributed by atoms with Gasteiger partial charge in [0.15, 0.2) is 0 Å². The summed E-state index contributed by atoms with van der Waals surface area (Å²) >= 11 is 0. The lowest BCUT2D eigenvalue weighted by Crippen LogP contribution is -2.59. The average Bonchev–Trinajstić information content (AvgIpc) is 3.17. The van der Waals surface area contributed by atoms with Gasteiger partial charge in [0.05, 0.1) is 6.04 Å². The lowest BCUT2D eigenvalue weighted by atomic mass is 9.94. The van der Waals surface area contributed by atoms with Crippen LogP contribution in [0, 0.1) is 6.92 Å². The van der Waals surface area contributed by atoms with E-state index in [0.717, 1.165) is 29.5 Å². The molecule has 28 heavy (non-hydrogen) atoms. The van der Waals surface area contributed by atoms with Crippen molar-refractivity contribution in [3.8, 4) is 0 Å². The molecule has 0 saturated heterocycles. The molecule has 5 heteroatoms. The molecule has 3 rings (SSSR count). The molecule has 0 heterocycles. The molecular formula is C23H29N3O2. The van der Waals surface area contributed by atoms with Crippen LogP contribution in [-0.4, -0.2) is 17.5 Å². The highest BCUT2D eigenvalue weighted by atomic mass is 16.2. The maximum absolute atomic E-state index is 13.1. The molecule has 0 unspecified atom stereocenters. The van der Waals surface area contributed by atoms with Crippen molar-refractivity contribution >= 4 is 11.9 Å². The van der Waals surface area contributed by atoms with Gasteiger partial charge >= 0.3 is 6.03 Å². The molecule has 3 amide bonds. The van der Waals surface area contributed by atoms with E-state index in [0.29, 0.717) is 19.4 Å². The number of urea groups is 1. The predicted molar refractivity (Wildman–Crippen MR) is 111 cm³/mol. The third-order valence-electron chi connectivity index (χ3n) is 5.54. The Morgan fingerprint density at radius 3 is 2.32 bits per heavy atom. The van der Waals surface area contributed by atoms with Crippen molar-refractivity contribution in [1.29, 1.82) is 0 Å². The quantitative estimate of drug-likeness (QED) is 0.710. The van der Waals surface area contributed by atoms with Crippen LogP contribution in [0.25, 0.3) is 0 Å². The van der Waals surface area contributed by atoms with Gasteiger partial charge in [-0.3, -0.25) is 4.79 Å². The Bertz CT molecular complexity index is 814. The van der Waals surface area contributed by atoms with E-state index in [9.17, 15) is 9.59 Å². The van der Waals surface area contributed by atoms with E-state index >= 15 is 0 Å². The van der Waals surface area contributed by atoms with Crippen molar-refractivity contribution in [2.75, 3.05) is 0 Å².